The van der Waals surface area contributed by atoms with Crippen molar-refractivity contribution in [2.75, 3.05) is 19.7 Å². The van der Waals surface area contributed by atoms with E-state index in [-0.39, 0.29) is 11.9 Å². The Labute approximate surface area is 140 Å². The molecular weight excluding hydrogens is 286 g/mol. The minimum absolute atomic E-state index is 0.0470. The van der Waals surface area contributed by atoms with E-state index in [2.05, 4.69) is 24.0 Å². The molecule has 0 aliphatic carbocycles. The van der Waals surface area contributed by atoms with E-state index in [1.54, 1.807) is 0 Å². The van der Waals surface area contributed by atoms with Crippen molar-refractivity contribution in [3.8, 4) is 0 Å². The van der Waals surface area contributed by atoms with E-state index in [9.17, 15) is 4.79 Å². The first-order valence-electron chi connectivity index (χ1n) is 9.18. The second-order valence-electron chi connectivity index (χ2n) is 7.20. The molecule has 0 spiro atoms. The molecule has 1 aromatic rings. The number of hydrogen-bond acceptors (Lipinski definition) is 3. The van der Waals surface area contributed by atoms with Crippen molar-refractivity contribution in [2.24, 2.45) is 5.92 Å². The number of carbonyl (C=O) groups is 1. The molecule has 2 aliphatic heterocycles. The van der Waals surface area contributed by atoms with Gasteiger partial charge in [-0.2, -0.15) is 0 Å². The van der Waals surface area contributed by atoms with Gasteiger partial charge >= 0.3 is 5.97 Å². The van der Waals surface area contributed by atoms with Crippen LogP contribution >= 0.6 is 0 Å². The molecule has 3 nitrogen and oxygen atoms in total. The fraction of sp³-hybridized carbons (Fsp3) is 0.650. The van der Waals surface area contributed by atoms with E-state index in [0.29, 0.717) is 25.0 Å². The van der Waals surface area contributed by atoms with Crippen LogP contribution in [0.3, 0.4) is 0 Å². The summed E-state index contributed by atoms with van der Waals surface area (Å²) in [5.41, 5.74) is 1.21. The number of carbonyl (C=O) groups excluding carboxylic acids is 1. The standard InChI is InChI=1S/C20H29NO2/c1-16(17-8-3-2-4-9-17)14-20(22)23-15-18-10-7-13-21-12-6-5-11-19(18)21/h2-4,8-9,16,18-19H,5-7,10-15H2,1H3/t16-,18+,19+/m0/s1. The molecule has 0 saturated carbocycles. The molecule has 0 bridgehead atoms. The number of esters is 1. The third kappa shape index (κ3) is 4.35. The number of fused-ring (bicyclic) bond motifs is 1. The van der Waals surface area contributed by atoms with Gasteiger partial charge in [0.25, 0.3) is 0 Å². The number of benzene rings is 1. The Bertz CT molecular complexity index is 500. The lowest BCUT2D eigenvalue weighted by molar-refractivity contribution is -0.147. The smallest absolute Gasteiger partial charge is 0.306 e. The maximum atomic E-state index is 12.2. The topological polar surface area (TPSA) is 29.5 Å². The lowest BCUT2D eigenvalue weighted by atomic mass is 9.84. The van der Waals surface area contributed by atoms with E-state index in [0.717, 1.165) is 0 Å². The zero-order valence-electron chi connectivity index (χ0n) is 14.2. The fourth-order valence-electron chi connectivity index (χ4n) is 4.18. The molecule has 3 atom stereocenters. The monoisotopic (exact) mass is 315 g/mol. The van der Waals surface area contributed by atoms with E-state index in [1.165, 1.54) is 50.8 Å². The Morgan fingerprint density at radius 3 is 2.78 bits per heavy atom. The highest BCUT2D eigenvalue weighted by molar-refractivity contribution is 5.70. The van der Waals surface area contributed by atoms with Gasteiger partial charge in [0.1, 0.15) is 0 Å². The first-order chi connectivity index (χ1) is 11.2. The molecule has 0 radical (unpaired) electrons. The van der Waals surface area contributed by atoms with Gasteiger partial charge in [0, 0.05) is 12.0 Å². The molecule has 2 heterocycles. The summed E-state index contributed by atoms with van der Waals surface area (Å²) in [7, 11) is 0. The molecule has 0 unspecified atom stereocenters. The van der Waals surface area contributed by atoms with Gasteiger partial charge in [-0.3, -0.25) is 9.69 Å². The maximum absolute atomic E-state index is 12.2. The highest BCUT2D eigenvalue weighted by Gasteiger charge is 2.33. The summed E-state index contributed by atoms with van der Waals surface area (Å²) in [6, 6.07) is 10.9. The number of rotatable bonds is 5. The summed E-state index contributed by atoms with van der Waals surface area (Å²) >= 11 is 0. The van der Waals surface area contributed by atoms with Gasteiger partial charge in [-0.05, 0) is 50.3 Å². The number of ether oxygens (including phenoxy) is 1. The second-order valence-corrected chi connectivity index (χ2v) is 7.20. The summed E-state index contributed by atoms with van der Waals surface area (Å²) in [5.74, 6) is 0.718. The predicted molar refractivity (Wildman–Crippen MR) is 92.4 cm³/mol. The van der Waals surface area contributed by atoms with Crippen molar-refractivity contribution in [3.63, 3.8) is 0 Å². The normalized spacial score (nSPS) is 26.3. The molecule has 0 amide bonds. The van der Waals surface area contributed by atoms with Crippen molar-refractivity contribution >= 4 is 5.97 Å². The van der Waals surface area contributed by atoms with Crippen molar-refractivity contribution in [2.45, 2.75) is 57.4 Å². The Kier molecular flexibility index (Phi) is 5.71. The molecule has 1 aromatic carbocycles. The summed E-state index contributed by atoms with van der Waals surface area (Å²) in [4.78, 5) is 14.8. The molecule has 0 aromatic heterocycles. The number of nitrogens with zero attached hydrogens (tertiary/aromatic N) is 1. The molecule has 126 valence electrons. The zero-order chi connectivity index (χ0) is 16.1. The molecule has 3 rings (SSSR count). The lowest BCUT2D eigenvalue weighted by Crippen LogP contribution is -2.49. The largest absolute Gasteiger partial charge is 0.465 e. The van der Waals surface area contributed by atoms with Gasteiger partial charge < -0.3 is 4.74 Å². The first-order valence-corrected chi connectivity index (χ1v) is 9.18. The van der Waals surface area contributed by atoms with E-state index in [1.807, 2.05) is 18.2 Å². The van der Waals surface area contributed by atoms with Crippen molar-refractivity contribution in [1.82, 2.24) is 4.90 Å². The lowest BCUT2D eigenvalue weighted by Gasteiger charge is -2.44. The number of hydrogen-bond donors (Lipinski definition) is 0. The van der Waals surface area contributed by atoms with Gasteiger partial charge in [0.15, 0.2) is 0 Å². The van der Waals surface area contributed by atoms with Crippen LogP contribution in [0.1, 0.15) is 56.9 Å². The molecule has 0 N–H and O–H groups in total. The SMILES string of the molecule is C[C@@H](CC(=O)OC[C@H]1CCCN2CCCC[C@H]12)c1ccccc1. The van der Waals surface area contributed by atoms with Crippen LogP contribution in [0.15, 0.2) is 30.3 Å². The van der Waals surface area contributed by atoms with Crippen LogP contribution in [-0.4, -0.2) is 36.6 Å². The predicted octanol–water partition coefficient (Wildman–Crippen LogP) is 3.99. The quantitative estimate of drug-likeness (QED) is 0.770. The third-order valence-corrected chi connectivity index (χ3v) is 5.53. The van der Waals surface area contributed by atoms with Gasteiger partial charge in [-0.1, -0.05) is 43.7 Å². The van der Waals surface area contributed by atoms with Gasteiger partial charge in [-0.25, -0.2) is 0 Å². The van der Waals surface area contributed by atoms with E-state index >= 15 is 0 Å². The highest BCUT2D eigenvalue weighted by atomic mass is 16.5. The Morgan fingerprint density at radius 2 is 1.96 bits per heavy atom. The van der Waals surface area contributed by atoms with Crippen LogP contribution in [0.25, 0.3) is 0 Å². The van der Waals surface area contributed by atoms with Crippen LogP contribution in [0.5, 0.6) is 0 Å². The second kappa shape index (κ2) is 7.96. The average molecular weight is 315 g/mol. The zero-order valence-corrected chi connectivity index (χ0v) is 14.2. The molecule has 2 aliphatic rings. The minimum atomic E-state index is -0.0470. The van der Waals surface area contributed by atoms with Crippen LogP contribution in [-0.2, 0) is 9.53 Å². The summed E-state index contributed by atoms with van der Waals surface area (Å²) in [5, 5.41) is 0. The van der Waals surface area contributed by atoms with Gasteiger partial charge in [0.2, 0.25) is 0 Å². The Balaban J connectivity index is 1.46. The van der Waals surface area contributed by atoms with E-state index in [4.69, 9.17) is 4.74 Å². The Morgan fingerprint density at radius 1 is 1.17 bits per heavy atom. The average Bonchev–Trinajstić information content (AvgIpc) is 2.60. The molecule has 23 heavy (non-hydrogen) atoms. The molecule has 2 fully saturated rings. The first kappa shape index (κ1) is 16.5. The molecule has 3 heteroatoms. The summed E-state index contributed by atoms with van der Waals surface area (Å²) in [6.45, 7) is 5.18. The van der Waals surface area contributed by atoms with Crippen molar-refractivity contribution in [1.29, 1.82) is 0 Å². The summed E-state index contributed by atoms with van der Waals surface area (Å²) < 4.78 is 5.66. The van der Waals surface area contributed by atoms with Crippen molar-refractivity contribution < 1.29 is 9.53 Å². The van der Waals surface area contributed by atoms with Crippen LogP contribution < -0.4 is 0 Å². The van der Waals surface area contributed by atoms with Crippen LogP contribution in [0.4, 0.5) is 0 Å². The molecular formula is C20H29NO2. The van der Waals surface area contributed by atoms with Gasteiger partial charge in [0.05, 0.1) is 13.0 Å². The van der Waals surface area contributed by atoms with E-state index < -0.39 is 0 Å². The van der Waals surface area contributed by atoms with Crippen LogP contribution in [0, 0.1) is 5.92 Å². The third-order valence-electron chi connectivity index (χ3n) is 5.53. The van der Waals surface area contributed by atoms with Crippen LogP contribution in [0.2, 0.25) is 0 Å². The summed E-state index contributed by atoms with van der Waals surface area (Å²) in [6.07, 6.45) is 6.88. The molecule has 2 saturated heterocycles. The maximum Gasteiger partial charge on any atom is 0.306 e. The minimum Gasteiger partial charge on any atom is -0.465 e. The Hall–Kier alpha value is -1.35. The fourth-order valence-corrected chi connectivity index (χ4v) is 4.18. The highest BCUT2D eigenvalue weighted by Crippen LogP contribution is 2.31. The van der Waals surface area contributed by atoms with Crippen molar-refractivity contribution in [3.05, 3.63) is 35.9 Å². The van der Waals surface area contributed by atoms with Gasteiger partial charge in [-0.15, -0.1) is 0 Å². The number of piperidine rings is 2.